The molecule has 0 amide bonds. The molecule has 0 radical (unpaired) electrons. The molecule has 0 aromatic carbocycles. The van der Waals surface area contributed by atoms with Crippen molar-refractivity contribution in [2.24, 2.45) is 5.92 Å². The smallest absolute Gasteiger partial charge is 0.140 e. The summed E-state index contributed by atoms with van der Waals surface area (Å²) in [4.78, 5) is 4.22. The van der Waals surface area contributed by atoms with Crippen LogP contribution in [0.25, 0.3) is 0 Å². The molecule has 0 aliphatic carbocycles. The van der Waals surface area contributed by atoms with E-state index in [1.807, 2.05) is 4.68 Å². The van der Waals surface area contributed by atoms with Crippen molar-refractivity contribution in [3.63, 3.8) is 0 Å². The Morgan fingerprint density at radius 2 is 2.31 bits per heavy atom. The Morgan fingerprint density at radius 1 is 1.50 bits per heavy atom. The number of hydrogen-bond acceptors (Lipinski definition) is 3. The van der Waals surface area contributed by atoms with Gasteiger partial charge in [0, 0.05) is 12.4 Å². The monoisotopic (exact) mass is 244 g/mol. The van der Waals surface area contributed by atoms with E-state index in [-0.39, 0.29) is 0 Å². The van der Waals surface area contributed by atoms with Gasteiger partial charge in [-0.1, -0.05) is 13.3 Å². The molecule has 1 N–H and O–H groups in total. The highest BCUT2D eigenvalue weighted by Gasteiger charge is 2.06. The summed E-state index contributed by atoms with van der Waals surface area (Å²) in [5.41, 5.74) is 0. The lowest BCUT2D eigenvalue weighted by Gasteiger charge is -2.13. The van der Waals surface area contributed by atoms with E-state index in [1.54, 1.807) is 6.33 Å². The fourth-order valence-electron chi connectivity index (χ4n) is 1.68. The van der Waals surface area contributed by atoms with Gasteiger partial charge in [-0.2, -0.15) is 5.10 Å². The summed E-state index contributed by atoms with van der Waals surface area (Å²) in [6.45, 7) is 6.93. The zero-order valence-corrected chi connectivity index (χ0v) is 10.9. The van der Waals surface area contributed by atoms with Crippen LogP contribution in [0, 0.1) is 5.92 Å². The van der Waals surface area contributed by atoms with E-state index in [2.05, 4.69) is 29.2 Å². The fourth-order valence-corrected chi connectivity index (χ4v) is 1.99. The summed E-state index contributed by atoms with van der Waals surface area (Å²) in [5.74, 6) is 2.41. The summed E-state index contributed by atoms with van der Waals surface area (Å²) in [6.07, 6.45) is 3.85. The van der Waals surface area contributed by atoms with E-state index in [4.69, 9.17) is 11.6 Å². The summed E-state index contributed by atoms with van der Waals surface area (Å²) < 4.78 is 1.91. The minimum atomic E-state index is 0.662. The molecule has 1 rings (SSSR count). The van der Waals surface area contributed by atoms with Gasteiger partial charge in [-0.05, 0) is 25.8 Å². The number of hydrogen-bond donors (Lipinski definition) is 1. The van der Waals surface area contributed by atoms with Gasteiger partial charge in [0.25, 0.3) is 0 Å². The Labute approximate surface area is 102 Å². The number of halogens is 1. The van der Waals surface area contributed by atoms with Crippen LogP contribution in [0.15, 0.2) is 6.33 Å². The quantitative estimate of drug-likeness (QED) is 0.712. The minimum Gasteiger partial charge on any atom is -0.310 e. The first-order valence-corrected chi connectivity index (χ1v) is 6.48. The Kier molecular flexibility index (Phi) is 6.42. The zero-order valence-electron chi connectivity index (χ0n) is 10.1. The summed E-state index contributed by atoms with van der Waals surface area (Å²) in [7, 11) is 0. The number of aromatic nitrogens is 3. The van der Waals surface area contributed by atoms with Crippen LogP contribution < -0.4 is 5.32 Å². The van der Waals surface area contributed by atoms with Crippen LogP contribution in [-0.4, -0.2) is 27.2 Å². The van der Waals surface area contributed by atoms with Crippen LogP contribution in [-0.2, 0) is 13.1 Å². The number of rotatable bonds is 8. The highest BCUT2D eigenvalue weighted by Crippen LogP contribution is 2.07. The van der Waals surface area contributed by atoms with Crippen LogP contribution in [0.3, 0.4) is 0 Å². The lowest BCUT2D eigenvalue weighted by atomic mass is 10.0. The maximum Gasteiger partial charge on any atom is 0.140 e. The van der Waals surface area contributed by atoms with Crippen molar-refractivity contribution in [2.75, 3.05) is 12.4 Å². The Bertz CT molecular complexity index is 287. The van der Waals surface area contributed by atoms with Crippen molar-refractivity contribution in [2.45, 2.75) is 39.8 Å². The predicted molar refractivity (Wildman–Crippen MR) is 66.5 cm³/mol. The van der Waals surface area contributed by atoms with E-state index in [9.17, 15) is 0 Å². The lowest BCUT2D eigenvalue weighted by Crippen LogP contribution is -2.24. The third kappa shape index (κ3) is 4.10. The normalized spacial score (nSPS) is 12.9. The first-order chi connectivity index (χ1) is 7.81. The molecule has 16 heavy (non-hydrogen) atoms. The van der Waals surface area contributed by atoms with Gasteiger partial charge in [0.2, 0.25) is 0 Å². The van der Waals surface area contributed by atoms with E-state index in [0.717, 1.165) is 37.8 Å². The second kappa shape index (κ2) is 7.63. The third-order valence-corrected chi connectivity index (χ3v) is 3.02. The van der Waals surface area contributed by atoms with Crippen molar-refractivity contribution in [1.82, 2.24) is 20.1 Å². The van der Waals surface area contributed by atoms with E-state index >= 15 is 0 Å². The molecule has 0 bridgehead atoms. The largest absolute Gasteiger partial charge is 0.310 e. The van der Waals surface area contributed by atoms with Crippen LogP contribution in [0.5, 0.6) is 0 Å². The molecule has 5 heteroatoms. The van der Waals surface area contributed by atoms with Gasteiger partial charge in [0.1, 0.15) is 12.2 Å². The van der Waals surface area contributed by atoms with Crippen molar-refractivity contribution in [3.8, 4) is 0 Å². The van der Waals surface area contributed by atoms with E-state index in [1.165, 1.54) is 6.42 Å². The molecule has 1 aromatic rings. The van der Waals surface area contributed by atoms with Gasteiger partial charge in [0.15, 0.2) is 0 Å². The van der Waals surface area contributed by atoms with Gasteiger partial charge < -0.3 is 5.32 Å². The standard InChI is InChI=1S/C11H21ClN4/c1-3-10(5-6-12)7-13-8-11-14-9-15-16(11)4-2/h9-10,13H,3-8H2,1-2H3. The first kappa shape index (κ1) is 13.5. The van der Waals surface area contributed by atoms with Crippen molar-refractivity contribution in [3.05, 3.63) is 12.2 Å². The number of nitrogens with zero attached hydrogens (tertiary/aromatic N) is 3. The molecule has 1 atom stereocenters. The van der Waals surface area contributed by atoms with E-state index in [0.29, 0.717) is 5.92 Å². The molecule has 4 nitrogen and oxygen atoms in total. The summed E-state index contributed by atoms with van der Waals surface area (Å²) in [5, 5.41) is 7.55. The van der Waals surface area contributed by atoms with Crippen molar-refractivity contribution < 1.29 is 0 Å². The Balaban J connectivity index is 2.29. The molecule has 0 fully saturated rings. The van der Waals surface area contributed by atoms with Crippen LogP contribution >= 0.6 is 11.6 Å². The van der Waals surface area contributed by atoms with Gasteiger partial charge in [0.05, 0.1) is 6.54 Å². The fraction of sp³-hybridized carbons (Fsp3) is 0.818. The van der Waals surface area contributed by atoms with Gasteiger partial charge in [-0.3, -0.25) is 0 Å². The molecule has 1 unspecified atom stereocenters. The second-order valence-electron chi connectivity index (χ2n) is 3.87. The third-order valence-electron chi connectivity index (χ3n) is 2.81. The molecule has 92 valence electrons. The van der Waals surface area contributed by atoms with Crippen LogP contribution in [0.4, 0.5) is 0 Å². The van der Waals surface area contributed by atoms with Crippen LogP contribution in [0.1, 0.15) is 32.5 Å². The molecule has 0 aliphatic heterocycles. The molecule has 0 spiro atoms. The highest BCUT2D eigenvalue weighted by atomic mass is 35.5. The van der Waals surface area contributed by atoms with Gasteiger partial charge in [-0.25, -0.2) is 9.67 Å². The van der Waals surface area contributed by atoms with Gasteiger partial charge >= 0.3 is 0 Å². The molecule has 0 saturated carbocycles. The zero-order chi connectivity index (χ0) is 11.8. The van der Waals surface area contributed by atoms with E-state index < -0.39 is 0 Å². The topological polar surface area (TPSA) is 42.7 Å². The molecule has 0 saturated heterocycles. The molecule has 1 aromatic heterocycles. The second-order valence-corrected chi connectivity index (χ2v) is 4.25. The lowest BCUT2D eigenvalue weighted by molar-refractivity contribution is 0.442. The highest BCUT2D eigenvalue weighted by molar-refractivity contribution is 6.17. The molecular formula is C11H21ClN4. The molecule has 0 aliphatic rings. The van der Waals surface area contributed by atoms with Crippen molar-refractivity contribution in [1.29, 1.82) is 0 Å². The average molecular weight is 245 g/mol. The van der Waals surface area contributed by atoms with Gasteiger partial charge in [-0.15, -0.1) is 11.6 Å². The maximum absolute atomic E-state index is 5.75. The number of alkyl halides is 1. The first-order valence-electron chi connectivity index (χ1n) is 5.95. The number of nitrogens with one attached hydrogen (secondary N) is 1. The SMILES string of the molecule is CCC(CCCl)CNCc1ncnn1CC. The van der Waals surface area contributed by atoms with Crippen LogP contribution in [0.2, 0.25) is 0 Å². The summed E-state index contributed by atoms with van der Waals surface area (Å²) >= 11 is 5.75. The Morgan fingerprint density at radius 3 is 2.94 bits per heavy atom. The number of aryl methyl sites for hydroxylation is 1. The minimum absolute atomic E-state index is 0.662. The summed E-state index contributed by atoms with van der Waals surface area (Å²) in [6, 6.07) is 0. The average Bonchev–Trinajstić information content (AvgIpc) is 2.75. The predicted octanol–water partition coefficient (Wildman–Crippen LogP) is 2.04. The maximum atomic E-state index is 5.75. The molecule has 1 heterocycles. The molecular weight excluding hydrogens is 224 g/mol. The Hall–Kier alpha value is -0.610. The van der Waals surface area contributed by atoms with Crippen molar-refractivity contribution >= 4 is 11.6 Å².